The third-order valence-electron chi connectivity index (χ3n) is 8.86. The minimum Gasteiger partial charge on any atom is -0.491 e. The van der Waals surface area contributed by atoms with E-state index in [1.807, 2.05) is 12.1 Å². The molecule has 0 saturated heterocycles. The summed E-state index contributed by atoms with van der Waals surface area (Å²) >= 11 is 1.46. The highest BCUT2D eigenvalue weighted by molar-refractivity contribution is 7.98. The monoisotopic (exact) mass is 565 g/mol. The van der Waals surface area contributed by atoms with Gasteiger partial charge >= 0.3 is 0 Å². The molecule has 4 unspecified atom stereocenters. The fourth-order valence-electron chi connectivity index (χ4n) is 6.54. The summed E-state index contributed by atoms with van der Waals surface area (Å²) < 4.78 is 9.54. The lowest BCUT2D eigenvalue weighted by Crippen LogP contribution is -2.44. The molecule has 1 heterocycles. The van der Waals surface area contributed by atoms with Crippen molar-refractivity contribution in [3.05, 3.63) is 58.7 Å². The van der Waals surface area contributed by atoms with Crippen LogP contribution >= 0.6 is 11.9 Å². The van der Waals surface area contributed by atoms with Gasteiger partial charge in [0.05, 0.1) is 12.3 Å². The Labute approximate surface area is 247 Å². The molecular weight excluding hydrogens is 514 g/mol. The van der Waals surface area contributed by atoms with Crippen LogP contribution in [0.1, 0.15) is 99.2 Å². The number of nitrogens with zero attached hydrogens (tertiary/aromatic N) is 1. The van der Waals surface area contributed by atoms with Gasteiger partial charge in [-0.3, -0.25) is 9.52 Å². The molecule has 0 spiro atoms. The van der Waals surface area contributed by atoms with Crippen molar-refractivity contribution in [2.24, 2.45) is 23.5 Å². The van der Waals surface area contributed by atoms with E-state index in [0.717, 1.165) is 43.9 Å². The summed E-state index contributed by atoms with van der Waals surface area (Å²) in [6.45, 7) is 14.2. The summed E-state index contributed by atoms with van der Waals surface area (Å²) in [4.78, 5) is 15.6. The first-order valence-electron chi connectivity index (χ1n) is 15.6. The number of carbonyl (C=O) groups is 1. The summed E-state index contributed by atoms with van der Waals surface area (Å²) in [5, 5.41) is 0.330. The van der Waals surface area contributed by atoms with Gasteiger partial charge in [0.25, 0.3) is 5.91 Å². The van der Waals surface area contributed by atoms with Crippen molar-refractivity contribution in [3.63, 3.8) is 0 Å². The van der Waals surface area contributed by atoms with Gasteiger partial charge in [-0.15, -0.1) is 0 Å². The van der Waals surface area contributed by atoms with Crippen molar-refractivity contribution in [1.29, 1.82) is 0 Å². The molecule has 0 bridgehead atoms. The molecule has 0 radical (unpaired) electrons. The molecule has 1 aliphatic heterocycles. The van der Waals surface area contributed by atoms with E-state index in [2.05, 4.69) is 68.5 Å². The van der Waals surface area contributed by atoms with E-state index in [0.29, 0.717) is 35.2 Å². The van der Waals surface area contributed by atoms with Gasteiger partial charge in [0.15, 0.2) is 0 Å². The maximum atomic E-state index is 13.0. The average molecular weight is 566 g/mol. The summed E-state index contributed by atoms with van der Waals surface area (Å²) in [6.07, 6.45) is 8.46. The zero-order valence-electron chi connectivity index (χ0n) is 25.4. The zero-order valence-corrected chi connectivity index (χ0v) is 26.2. The van der Waals surface area contributed by atoms with Crippen LogP contribution in [-0.2, 0) is 6.42 Å². The van der Waals surface area contributed by atoms with Crippen LogP contribution in [0.4, 0.5) is 5.69 Å². The number of unbranched alkanes of at least 4 members (excludes halogenated alkanes) is 1. The number of anilines is 1. The van der Waals surface area contributed by atoms with Crippen molar-refractivity contribution in [2.45, 2.75) is 90.7 Å². The second kappa shape index (κ2) is 14.6. The Kier molecular flexibility index (Phi) is 11.3. The van der Waals surface area contributed by atoms with Gasteiger partial charge in [-0.05, 0) is 98.2 Å². The number of benzene rings is 2. The molecule has 0 aromatic heterocycles. The average Bonchev–Trinajstić information content (AvgIpc) is 3.11. The summed E-state index contributed by atoms with van der Waals surface area (Å²) in [5.41, 5.74) is 12.2. The van der Waals surface area contributed by atoms with Gasteiger partial charge in [-0.2, -0.15) is 0 Å². The summed E-state index contributed by atoms with van der Waals surface area (Å²) in [5.74, 6) is 3.03. The molecule has 1 aliphatic carbocycles. The Morgan fingerprint density at radius 1 is 1.15 bits per heavy atom. The van der Waals surface area contributed by atoms with Crippen LogP contribution in [0.3, 0.4) is 0 Å². The summed E-state index contributed by atoms with van der Waals surface area (Å²) in [6, 6.07) is 12.9. The first-order chi connectivity index (χ1) is 19.3. The number of rotatable bonds is 13. The Hall–Kier alpha value is -2.18. The molecule has 6 heteroatoms. The normalized spacial score (nSPS) is 21.3. The van der Waals surface area contributed by atoms with E-state index in [9.17, 15) is 4.79 Å². The minimum absolute atomic E-state index is 0.0460. The van der Waals surface area contributed by atoms with Gasteiger partial charge in [0, 0.05) is 29.8 Å². The van der Waals surface area contributed by atoms with Crippen LogP contribution in [0.15, 0.2) is 36.4 Å². The van der Waals surface area contributed by atoms with Crippen molar-refractivity contribution in [3.8, 4) is 5.75 Å². The standard InChI is InChI=1S/C34H51N3O2S/c1-6-8-10-27(19-35)31-15-12-28(31)20-37-21-29(30-14-11-24(5)17-25(30)9-7-2)22-39-33-16-13-26(18-32(33)37)34(38)36-40-23(3)4/h11,13-14,16-18,23,27-29,31H,6-10,12,15,19-22,35H2,1-5H3,(H,36,38). The molecule has 1 amide bonds. The predicted octanol–water partition coefficient (Wildman–Crippen LogP) is 7.51. The van der Waals surface area contributed by atoms with Crippen LogP contribution < -0.4 is 20.1 Å². The zero-order chi connectivity index (χ0) is 28.6. The van der Waals surface area contributed by atoms with E-state index in [-0.39, 0.29) is 11.8 Å². The van der Waals surface area contributed by atoms with E-state index in [1.54, 1.807) is 0 Å². The largest absolute Gasteiger partial charge is 0.491 e. The number of nitrogens with one attached hydrogen (secondary N) is 1. The van der Waals surface area contributed by atoms with Crippen LogP contribution in [0.5, 0.6) is 5.75 Å². The van der Waals surface area contributed by atoms with Gasteiger partial charge in [0.2, 0.25) is 0 Å². The Morgan fingerprint density at radius 3 is 2.65 bits per heavy atom. The van der Waals surface area contributed by atoms with Crippen molar-refractivity contribution in [2.75, 3.05) is 31.1 Å². The van der Waals surface area contributed by atoms with Crippen LogP contribution in [0.25, 0.3) is 0 Å². The molecule has 220 valence electrons. The topological polar surface area (TPSA) is 67.6 Å². The van der Waals surface area contributed by atoms with Crippen molar-refractivity contribution >= 4 is 23.5 Å². The number of fused-ring (bicyclic) bond motifs is 1. The van der Waals surface area contributed by atoms with Crippen LogP contribution in [0, 0.1) is 24.7 Å². The van der Waals surface area contributed by atoms with Gasteiger partial charge in [-0.25, -0.2) is 0 Å². The number of nitrogens with two attached hydrogens (primary N) is 1. The third kappa shape index (κ3) is 7.55. The molecule has 5 nitrogen and oxygen atoms in total. The third-order valence-corrected chi connectivity index (χ3v) is 9.63. The Bertz CT molecular complexity index is 1120. The predicted molar refractivity (Wildman–Crippen MR) is 171 cm³/mol. The maximum Gasteiger partial charge on any atom is 0.261 e. The van der Waals surface area contributed by atoms with E-state index in [4.69, 9.17) is 10.5 Å². The SMILES string of the molecule is CCCCC(CN)C1CCC1CN1CC(c2ccc(C)cc2CCC)COc2ccc(C(=O)NSC(C)C)cc21. The molecule has 2 aliphatic rings. The van der Waals surface area contributed by atoms with Crippen molar-refractivity contribution in [1.82, 2.24) is 4.72 Å². The molecular formula is C34H51N3O2S. The lowest BCUT2D eigenvalue weighted by atomic mass is 9.65. The Morgan fingerprint density at radius 2 is 1.98 bits per heavy atom. The maximum absolute atomic E-state index is 13.0. The highest BCUT2D eigenvalue weighted by Gasteiger charge is 2.38. The molecule has 40 heavy (non-hydrogen) atoms. The fourth-order valence-corrected chi connectivity index (χ4v) is 7.00. The molecule has 2 aromatic carbocycles. The molecule has 4 rings (SSSR count). The summed E-state index contributed by atoms with van der Waals surface area (Å²) in [7, 11) is 0. The van der Waals surface area contributed by atoms with E-state index in [1.165, 1.54) is 60.7 Å². The highest BCUT2D eigenvalue weighted by atomic mass is 32.2. The first kappa shape index (κ1) is 30.8. The lowest BCUT2D eigenvalue weighted by Gasteiger charge is -2.45. The smallest absolute Gasteiger partial charge is 0.261 e. The van der Waals surface area contributed by atoms with Gasteiger partial charge in [0.1, 0.15) is 5.75 Å². The van der Waals surface area contributed by atoms with E-state index >= 15 is 0 Å². The number of carbonyl (C=O) groups excluding carboxylic acids is 1. The number of aryl methyl sites for hydroxylation is 2. The number of amides is 1. The quantitative estimate of drug-likeness (QED) is 0.246. The van der Waals surface area contributed by atoms with Gasteiger partial charge < -0.3 is 15.4 Å². The molecule has 2 aromatic rings. The van der Waals surface area contributed by atoms with Crippen LogP contribution in [-0.4, -0.2) is 37.4 Å². The lowest BCUT2D eigenvalue weighted by molar-refractivity contribution is 0.0984. The molecule has 1 fully saturated rings. The fraction of sp³-hybridized carbons (Fsp3) is 0.618. The second-order valence-corrected chi connectivity index (χ2v) is 13.7. The van der Waals surface area contributed by atoms with Crippen LogP contribution in [0.2, 0.25) is 0 Å². The molecule has 1 saturated carbocycles. The number of hydrogen-bond acceptors (Lipinski definition) is 5. The second-order valence-electron chi connectivity index (χ2n) is 12.3. The number of hydrogen-bond donors (Lipinski definition) is 2. The van der Waals surface area contributed by atoms with Gasteiger partial charge in [-0.1, -0.05) is 70.7 Å². The van der Waals surface area contributed by atoms with E-state index < -0.39 is 0 Å². The Balaban J connectivity index is 1.64. The first-order valence-corrected chi connectivity index (χ1v) is 16.5. The molecule has 3 N–H and O–H groups in total. The minimum atomic E-state index is -0.0460. The van der Waals surface area contributed by atoms with Crippen molar-refractivity contribution < 1.29 is 9.53 Å². The number of ether oxygens (including phenoxy) is 1. The molecule has 4 atom stereocenters. The highest BCUT2D eigenvalue weighted by Crippen LogP contribution is 2.44.